The van der Waals surface area contributed by atoms with Crippen LogP contribution in [-0.4, -0.2) is 34.4 Å². The van der Waals surface area contributed by atoms with Crippen molar-refractivity contribution in [2.45, 2.75) is 13.8 Å². The van der Waals surface area contributed by atoms with E-state index >= 15 is 0 Å². The largest absolute Gasteiger partial charge is 0.338 e. The van der Waals surface area contributed by atoms with Crippen molar-refractivity contribution in [1.29, 1.82) is 0 Å². The first-order valence-corrected chi connectivity index (χ1v) is 6.11. The van der Waals surface area contributed by atoms with Crippen LogP contribution in [0.15, 0.2) is 30.7 Å². The highest BCUT2D eigenvalue weighted by Crippen LogP contribution is 2.19. The first-order chi connectivity index (χ1) is 9.13. The number of nitrogens with one attached hydrogen (secondary N) is 1. The lowest BCUT2D eigenvalue weighted by molar-refractivity contribution is 0.248. The summed E-state index contributed by atoms with van der Waals surface area (Å²) in [6, 6.07) is 3.62. The van der Waals surface area contributed by atoms with Gasteiger partial charge in [0, 0.05) is 19.8 Å². The van der Waals surface area contributed by atoms with Crippen molar-refractivity contribution in [2.75, 3.05) is 18.5 Å². The number of hydrogen-bond donors (Lipinski definition) is 1. The van der Waals surface area contributed by atoms with Crippen LogP contribution in [0.3, 0.4) is 0 Å². The number of carbonyl (C=O) groups is 1. The summed E-state index contributed by atoms with van der Waals surface area (Å²) in [7, 11) is 1.72. The molecule has 2 aromatic heterocycles. The molecule has 0 fully saturated rings. The Morgan fingerprint density at radius 1 is 1.53 bits per heavy atom. The molecule has 6 heteroatoms. The van der Waals surface area contributed by atoms with Gasteiger partial charge in [-0.25, -0.2) is 9.48 Å². The molecule has 1 N–H and O–H groups in total. The van der Waals surface area contributed by atoms with Crippen LogP contribution < -0.4 is 10.2 Å². The van der Waals surface area contributed by atoms with Crippen molar-refractivity contribution in [3.05, 3.63) is 36.4 Å². The van der Waals surface area contributed by atoms with Crippen molar-refractivity contribution >= 4 is 11.7 Å². The molecule has 0 bridgehead atoms. The third-order valence-corrected chi connectivity index (χ3v) is 2.78. The zero-order valence-corrected chi connectivity index (χ0v) is 11.3. The molecular weight excluding hydrogens is 242 g/mol. The van der Waals surface area contributed by atoms with Crippen molar-refractivity contribution < 1.29 is 4.79 Å². The van der Waals surface area contributed by atoms with Crippen LogP contribution in [-0.2, 0) is 0 Å². The number of rotatable bonds is 3. The highest BCUT2D eigenvalue weighted by molar-refractivity contribution is 5.91. The van der Waals surface area contributed by atoms with E-state index in [1.165, 1.54) is 0 Å². The van der Waals surface area contributed by atoms with Gasteiger partial charge in [-0.3, -0.25) is 9.88 Å². The maximum atomic E-state index is 11.8. The molecule has 6 nitrogen and oxygen atoms in total. The van der Waals surface area contributed by atoms with E-state index in [1.807, 2.05) is 32.2 Å². The fourth-order valence-corrected chi connectivity index (χ4v) is 1.78. The highest BCUT2D eigenvalue weighted by atomic mass is 16.2. The summed E-state index contributed by atoms with van der Waals surface area (Å²) in [4.78, 5) is 17.4. The molecule has 0 aliphatic heterocycles. The van der Waals surface area contributed by atoms with E-state index in [4.69, 9.17) is 0 Å². The quantitative estimate of drug-likeness (QED) is 0.913. The Bertz CT molecular complexity index is 564. The van der Waals surface area contributed by atoms with E-state index in [0.717, 1.165) is 17.1 Å². The molecule has 0 aromatic carbocycles. The zero-order valence-electron chi connectivity index (χ0n) is 11.3. The molecule has 100 valence electrons. The summed E-state index contributed by atoms with van der Waals surface area (Å²) in [6.45, 7) is 4.36. The summed E-state index contributed by atoms with van der Waals surface area (Å²) in [6.07, 6.45) is 5.26. The number of aromatic nitrogens is 3. The van der Waals surface area contributed by atoms with Gasteiger partial charge < -0.3 is 5.32 Å². The molecule has 0 spiro atoms. The molecule has 19 heavy (non-hydrogen) atoms. The second-order valence-corrected chi connectivity index (χ2v) is 4.15. The third-order valence-electron chi connectivity index (χ3n) is 2.78. The van der Waals surface area contributed by atoms with Gasteiger partial charge in [-0.05, 0) is 26.0 Å². The van der Waals surface area contributed by atoms with Crippen LogP contribution in [0, 0.1) is 6.92 Å². The molecule has 2 aromatic rings. The van der Waals surface area contributed by atoms with Gasteiger partial charge in [-0.1, -0.05) is 0 Å². The molecule has 0 aliphatic rings. The van der Waals surface area contributed by atoms with Crippen LogP contribution in [0.5, 0.6) is 0 Å². The molecule has 0 atom stereocenters. The lowest BCUT2D eigenvalue weighted by Crippen LogP contribution is -2.37. The van der Waals surface area contributed by atoms with Crippen LogP contribution in [0.4, 0.5) is 10.5 Å². The lowest BCUT2D eigenvalue weighted by Gasteiger charge is -2.15. The van der Waals surface area contributed by atoms with Gasteiger partial charge in [0.05, 0.1) is 29.5 Å². The van der Waals surface area contributed by atoms with Crippen LogP contribution in [0.1, 0.15) is 12.6 Å². The monoisotopic (exact) mass is 259 g/mol. The molecule has 0 aliphatic carbocycles. The SMILES string of the molecule is CCNC(=O)N(C)c1cn(-c2cccnc2)nc1C. The first-order valence-electron chi connectivity index (χ1n) is 6.11. The summed E-state index contributed by atoms with van der Waals surface area (Å²) < 4.78 is 1.72. The number of anilines is 1. The summed E-state index contributed by atoms with van der Waals surface area (Å²) in [5.74, 6) is 0. The van der Waals surface area contributed by atoms with E-state index in [9.17, 15) is 4.79 Å². The molecule has 2 heterocycles. The zero-order chi connectivity index (χ0) is 13.8. The molecule has 2 rings (SSSR count). The average Bonchev–Trinajstić information content (AvgIpc) is 2.81. The number of amides is 2. The van der Waals surface area contributed by atoms with Crippen molar-refractivity contribution in [3.63, 3.8) is 0 Å². The standard InChI is InChI=1S/C13H17N5O/c1-4-15-13(19)17(3)12-9-18(16-10(12)2)11-6-5-7-14-8-11/h5-9H,4H2,1-3H3,(H,15,19). The van der Waals surface area contributed by atoms with E-state index in [0.29, 0.717) is 6.54 Å². The smallest absolute Gasteiger partial charge is 0.321 e. The van der Waals surface area contributed by atoms with Gasteiger partial charge in [0.1, 0.15) is 0 Å². The molecule has 0 saturated carbocycles. The van der Waals surface area contributed by atoms with Gasteiger partial charge in [-0.2, -0.15) is 5.10 Å². The number of urea groups is 1. The van der Waals surface area contributed by atoms with E-state index < -0.39 is 0 Å². The fraction of sp³-hybridized carbons (Fsp3) is 0.308. The minimum absolute atomic E-state index is 0.142. The predicted molar refractivity (Wildman–Crippen MR) is 73.6 cm³/mol. The molecule has 0 radical (unpaired) electrons. The maximum Gasteiger partial charge on any atom is 0.321 e. The Hall–Kier alpha value is -2.37. The Morgan fingerprint density at radius 2 is 2.32 bits per heavy atom. The molecule has 0 unspecified atom stereocenters. The van der Waals surface area contributed by atoms with Gasteiger partial charge >= 0.3 is 6.03 Å². The minimum atomic E-state index is -0.142. The van der Waals surface area contributed by atoms with Crippen molar-refractivity contribution in [3.8, 4) is 5.69 Å². The van der Waals surface area contributed by atoms with Crippen molar-refractivity contribution in [2.24, 2.45) is 0 Å². The maximum absolute atomic E-state index is 11.8. The van der Waals surface area contributed by atoms with E-state index in [-0.39, 0.29) is 6.03 Å². The first kappa shape index (κ1) is 13.1. The minimum Gasteiger partial charge on any atom is -0.338 e. The van der Waals surface area contributed by atoms with Crippen LogP contribution in [0.2, 0.25) is 0 Å². The number of hydrogen-bond acceptors (Lipinski definition) is 3. The number of aryl methyl sites for hydroxylation is 1. The predicted octanol–water partition coefficient (Wildman–Crippen LogP) is 1.74. The number of carbonyl (C=O) groups excluding carboxylic acids is 1. The third kappa shape index (κ3) is 2.73. The van der Waals surface area contributed by atoms with Crippen molar-refractivity contribution in [1.82, 2.24) is 20.1 Å². The fourth-order valence-electron chi connectivity index (χ4n) is 1.78. The normalized spacial score (nSPS) is 10.3. The second kappa shape index (κ2) is 5.51. The summed E-state index contributed by atoms with van der Waals surface area (Å²) >= 11 is 0. The van der Waals surface area contributed by atoms with Crippen LogP contribution >= 0.6 is 0 Å². The topological polar surface area (TPSA) is 63.1 Å². The Balaban J connectivity index is 2.29. The Kier molecular flexibility index (Phi) is 3.79. The number of pyridine rings is 1. The molecule has 2 amide bonds. The van der Waals surface area contributed by atoms with Gasteiger partial charge in [-0.15, -0.1) is 0 Å². The average molecular weight is 259 g/mol. The highest BCUT2D eigenvalue weighted by Gasteiger charge is 2.15. The second-order valence-electron chi connectivity index (χ2n) is 4.15. The molecule has 0 saturated heterocycles. The summed E-state index contributed by atoms with van der Waals surface area (Å²) in [5.41, 5.74) is 2.42. The van der Waals surface area contributed by atoms with E-state index in [1.54, 1.807) is 29.0 Å². The van der Waals surface area contributed by atoms with Crippen LogP contribution in [0.25, 0.3) is 5.69 Å². The Morgan fingerprint density at radius 3 is 2.95 bits per heavy atom. The van der Waals surface area contributed by atoms with E-state index in [2.05, 4.69) is 15.4 Å². The van der Waals surface area contributed by atoms with Gasteiger partial charge in [0.2, 0.25) is 0 Å². The molecular formula is C13H17N5O. The number of nitrogens with zero attached hydrogens (tertiary/aromatic N) is 4. The summed E-state index contributed by atoms with van der Waals surface area (Å²) in [5, 5.41) is 7.16. The lowest BCUT2D eigenvalue weighted by atomic mass is 10.4. The van der Waals surface area contributed by atoms with Gasteiger partial charge in [0.15, 0.2) is 0 Å². The Labute approximate surface area is 112 Å². The van der Waals surface area contributed by atoms with Gasteiger partial charge in [0.25, 0.3) is 0 Å².